The normalized spacial score (nSPS) is 15.5. The lowest BCUT2D eigenvalue weighted by Gasteiger charge is -2.12. The maximum atomic E-state index is 12.9. The number of rotatable bonds is 5. The van der Waals surface area contributed by atoms with Gasteiger partial charge in [-0.2, -0.15) is 0 Å². The van der Waals surface area contributed by atoms with Gasteiger partial charge in [0.1, 0.15) is 11.6 Å². The van der Waals surface area contributed by atoms with Crippen LogP contribution in [-0.2, 0) is 6.54 Å². The average Bonchev–Trinajstić information content (AvgIpc) is 3.08. The van der Waals surface area contributed by atoms with E-state index in [1.807, 2.05) is 6.07 Å². The van der Waals surface area contributed by atoms with E-state index in [1.54, 1.807) is 24.4 Å². The number of guanidine groups is 1. The summed E-state index contributed by atoms with van der Waals surface area (Å²) in [4.78, 5) is 8.52. The van der Waals surface area contributed by atoms with Crippen LogP contribution in [0.15, 0.2) is 47.6 Å². The number of nitrogens with two attached hydrogens (primary N) is 1. The monoisotopic (exact) mass is 328 g/mol. The van der Waals surface area contributed by atoms with Gasteiger partial charge >= 0.3 is 0 Å². The first-order chi connectivity index (χ1) is 11.7. The highest BCUT2D eigenvalue weighted by Gasteiger charge is 2.14. The van der Waals surface area contributed by atoms with Crippen molar-refractivity contribution in [2.45, 2.75) is 38.3 Å². The summed E-state index contributed by atoms with van der Waals surface area (Å²) in [5.41, 5.74) is 6.88. The van der Waals surface area contributed by atoms with Crippen molar-refractivity contribution in [3.05, 3.63) is 54.0 Å². The number of ether oxygens (including phenoxy) is 1. The fourth-order valence-corrected chi connectivity index (χ4v) is 2.73. The van der Waals surface area contributed by atoms with Gasteiger partial charge in [0.15, 0.2) is 5.96 Å². The molecular weight excluding hydrogens is 307 g/mol. The minimum absolute atomic E-state index is 0.302. The Morgan fingerprint density at radius 2 is 2.00 bits per heavy atom. The van der Waals surface area contributed by atoms with Crippen molar-refractivity contribution in [3.63, 3.8) is 0 Å². The number of hydrogen-bond donors (Lipinski definition) is 2. The van der Waals surface area contributed by atoms with E-state index in [-0.39, 0.29) is 5.82 Å². The first-order valence-corrected chi connectivity index (χ1v) is 8.14. The van der Waals surface area contributed by atoms with Crippen molar-refractivity contribution in [2.24, 2.45) is 10.7 Å². The van der Waals surface area contributed by atoms with Gasteiger partial charge in [0.05, 0.1) is 6.54 Å². The second-order valence-electron chi connectivity index (χ2n) is 5.89. The van der Waals surface area contributed by atoms with Crippen molar-refractivity contribution < 1.29 is 9.13 Å². The van der Waals surface area contributed by atoms with Crippen LogP contribution in [0.25, 0.3) is 0 Å². The van der Waals surface area contributed by atoms with Crippen LogP contribution in [0, 0.1) is 5.82 Å². The minimum Gasteiger partial charge on any atom is -0.439 e. The lowest BCUT2D eigenvalue weighted by molar-refractivity contribution is 0.460. The second kappa shape index (κ2) is 7.77. The van der Waals surface area contributed by atoms with Crippen molar-refractivity contribution in [1.82, 2.24) is 10.3 Å². The fraction of sp³-hybridized carbons (Fsp3) is 0.333. The average molecular weight is 328 g/mol. The van der Waals surface area contributed by atoms with Crippen LogP contribution in [0.1, 0.15) is 31.2 Å². The summed E-state index contributed by atoms with van der Waals surface area (Å²) >= 11 is 0. The van der Waals surface area contributed by atoms with Gasteiger partial charge in [-0.1, -0.05) is 12.8 Å². The summed E-state index contributed by atoms with van der Waals surface area (Å²) in [6, 6.07) is 9.93. The highest BCUT2D eigenvalue weighted by Crippen LogP contribution is 2.20. The molecule has 0 atom stereocenters. The predicted molar refractivity (Wildman–Crippen MR) is 91.4 cm³/mol. The third-order valence-corrected chi connectivity index (χ3v) is 3.97. The molecule has 24 heavy (non-hydrogen) atoms. The van der Waals surface area contributed by atoms with Crippen LogP contribution < -0.4 is 15.8 Å². The molecule has 2 aromatic rings. The second-order valence-corrected chi connectivity index (χ2v) is 5.89. The molecular formula is C18H21FN4O. The number of halogens is 1. The summed E-state index contributed by atoms with van der Waals surface area (Å²) in [6.07, 6.45) is 6.46. The molecule has 1 aromatic heterocycles. The lowest BCUT2D eigenvalue weighted by atomic mass is 10.2. The van der Waals surface area contributed by atoms with E-state index in [9.17, 15) is 4.39 Å². The molecule has 0 unspecified atom stereocenters. The summed E-state index contributed by atoms with van der Waals surface area (Å²) in [5, 5.41) is 3.25. The zero-order valence-corrected chi connectivity index (χ0v) is 13.4. The summed E-state index contributed by atoms with van der Waals surface area (Å²) in [5.74, 6) is 1.15. The molecule has 0 aliphatic heterocycles. The van der Waals surface area contributed by atoms with E-state index in [4.69, 9.17) is 10.5 Å². The largest absolute Gasteiger partial charge is 0.439 e. The summed E-state index contributed by atoms with van der Waals surface area (Å²) in [7, 11) is 0. The number of aliphatic imine (C=N–C) groups is 1. The fourth-order valence-electron chi connectivity index (χ4n) is 2.73. The smallest absolute Gasteiger partial charge is 0.219 e. The molecule has 3 rings (SSSR count). The maximum absolute atomic E-state index is 12.9. The molecule has 1 heterocycles. The number of nitrogens with zero attached hydrogens (tertiary/aromatic N) is 2. The number of pyridine rings is 1. The van der Waals surface area contributed by atoms with E-state index in [0.717, 1.165) is 18.4 Å². The van der Waals surface area contributed by atoms with Crippen LogP contribution in [0.5, 0.6) is 11.6 Å². The van der Waals surface area contributed by atoms with Crippen molar-refractivity contribution in [2.75, 3.05) is 0 Å². The Bertz CT molecular complexity index is 696. The molecule has 1 aliphatic rings. The highest BCUT2D eigenvalue weighted by molar-refractivity contribution is 5.78. The molecule has 1 saturated carbocycles. The molecule has 0 amide bonds. The quantitative estimate of drug-likeness (QED) is 0.652. The Kier molecular flexibility index (Phi) is 5.25. The molecule has 0 spiro atoms. The van der Waals surface area contributed by atoms with E-state index in [1.165, 1.54) is 25.0 Å². The van der Waals surface area contributed by atoms with Gasteiger partial charge in [0, 0.05) is 18.3 Å². The molecule has 0 saturated heterocycles. The van der Waals surface area contributed by atoms with Crippen LogP contribution in [0.2, 0.25) is 0 Å². The molecule has 6 heteroatoms. The van der Waals surface area contributed by atoms with Crippen LogP contribution in [0.4, 0.5) is 4.39 Å². The van der Waals surface area contributed by atoms with E-state index >= 15 is 0 Å². The van der Waals surface area contributed by atoms with Gasteiger partial charge in [-0.3, -0.25) is 0 Å². The van der Waals surface area contributed by atoms with Gasteiger partial charge in [0.2, 0.25) is 5.88 Å². The molecule has 5 nitrogen and oxygen atoms in total. The van der Waals surface area contributed by atoms with Crippen LogP contribution in [-0.4, -0.2) is 17.0 Å². The number of aromatic nitrogens is 1. The highest BCUT2D eigenvalue weighted by atomic mass is 19.1. The van der Waals surface area contributed by atoms with Gasteiger partial charge < -0.3 is 15.8 Å². The van der Waals surface area contributed by atoms with Crippen molar-refractivity contribution >= 4 is 5.96 Å². The van der Waals surface area contributed by atoms with Crippen LogP contribution >= 0.6 is 0 Å². The number of benzene rings is 1. The molecule has 126 valence electrons. The third-order valence-electron chi connectivity index (χ3n) is 3.97. The Morgan fingerprint density at radius 1 is 1.25 bits per heavy atom. The van der Waals surface area contributed by atoms with Gasteiger partial charge in [-0.25, -0.2) is 14.4 Å². The summed E-state index contributed by atoms with van der Waals surface area (Å²) < 4.78 is 18.5. The lowest BCUT2D eigenvalue weighted by Crippen LogP contribution is -2.38. The minimum atomic E-state index is -0.302. The Balaban J connectivity index is 1.59. The zero-order valence-electron chi connectivity index (χ0n) is 13.4. The predicted octanol–water partition coefficient (Wildman–Crippen LogP) is 3.36. The first-order valence-electron chi connectivity index (χ1n) is 8.14. The standard InChI is InChI=1S/C18H21FN4O/c19-14-5-7-16(8-6-14)24-17-11-13(9-10-21-17)12-22-18(20)23-15-3-1-2-4-15/h5-11,15H,1-4,12H2,(H3,20,22,23). The molecule has 1 aliphatic carbocycles. The van der Waals surface area contributed by atoms with E-state index in [0.29, 0.717) is 30.2 Å². The zero-order chi connectivity index (χ0) is 16.8. The number of hydrogen-bond acceptors (Lipinski definition) is 3. The molecule has 0 bridgehead atoms. The third kappa shape index (κ3) is 4.68. The molecule has 1 fully saturated rings. The summed E-state index contributed by atoms with van der Waals surface area (Å²) in [6.45, 7) is 0.452. The van der Waals surface area contributed by atoms with Gasteiger partial charge in [-0.15, -0.1) is 0 Å². The molecule has 3 N–H and O–H groups in total. The Labute approximate surface area is 140 Å². The molecule has 0 radical (unpaired) electrons. The topological polar surface area (TPSA) is 72.5 Å². The van der Waals surface area contributed by atoms with Crippen molar-refractivity contribution in [3.8, 4) is 11.6 Å². The Morgan fingerprint density at radius 3 is 2.75 bits per heavy atom. The van der Waals surface area contributed by atoms with E-state index < -0.39 is 0 Å². The maximum Gasteiger partial charge on any atom is 0.219 e. The molecule has 1 aromatic carbocycles. The number of nitrogens with one attached hydrogen (secondary N) is 1. The first kappa shape index (κ1) is 16.2. The van der Waals surface area contributed by atoms with Gasteiger partial charge in [0.25, 0.3) is 0 Å². The Hall–Kier alpha value is -2.63. The van der Waals surface area contributed by atoms with Crippen molar-refractivity contribution in [1.29, 1.82) is 0 Å². The van der Waals surface area contributed by atoms with Crippen LogP contribution in [0.3, 0.4) is 0 Å². The SMILES string of the molecule is NC(=NCc1ccnc(Oc2ccc(F)cc2)c1)NC1CCCC1. The van der Waals surface area contributed by atoms with E-state index in [2.05, 4.69) is 15.3 Å². The van der Waals surface area contributed by atoms with Gasteiger partial charge in [-0.05, 0) is 48.7 Å².